The van der Waals surface area contributed by atoms with Crippen molar-refractivity contribution < 1.29 is 0 Å². The van der Waals surface area contributed by atoms with Gasteiger partial charge in [-0.25, -0.2) is 4.98 Å². The van der Waals surface area contributed by atoms with Crippen molar-refractivity contribution in [1.29, 1.82) is 0 Å². The van der Waals surface area contributed by atoms with E-state index in [-0.39, 0.29) is 5.56 Å². The first-order chi connectivity index (χ1) is 7.58. The molecule has 2 rings (SSSR count). The molecule has 1 aliphatic heterocycles. The predicted molar refractivity (Wildman–Crippen MR) is 64.7 cm³/mol. The molecular weight excluding hydrogens is 202 g/mol. The third-order valence-electron chi connectivity index (χ3n) is 3.33. The van der Waals surface area contributed by atoms with Crippen LogP contribution in [0.2, 0.25) is 0 Å². The summed E-state index contributed by atoms with van der Waals surface area (Å²) < 4.78 is 0. The molecule has 0 aliphatic carbocycles. The molecular formula is C12H19N3O. The van der Waals surface area contributed by atoms with Gasteiger partial charge >= 0.3 is 0 Å². The van der Waals surface area contributed by atoms with Gasteiger partial charge in [-0.2, -0.15) is 0 Å². The molecule has 16 heavy (non-hydrogen) atoms. The zero-order valence-electron chi connectivity index (χ0n) is 9.99. The summed E-state index contributed by atoms with van der Waals surface area (Å²) in [5, 5.41) is 0. The van der Waals surface area contributed by atoms with E-state index < -0.39 is 0 Å². The van der Waals surface area contributed by atoms with Crippen LogP contribution in [0.4, 0.5) is 5.82 Å². The minimum Gasteiger partial charge on any atom is -0.352 e. The maximum Gasteiger partial charge on any atom is 0.290 e. The fraction of sp³-hybridized carbons (Fsp3) is 0.667. The molecule has 1 aromatic heterocycles. The molecule has 0 radical (unpaired) electrons. The molecule has 0 amide bonds. The lowest BCUT2D eigenvalue weighted by molar-refractivity contribution is 0.325. The SMILES string of the molecule is CC1(C)CCCN(c2ncc[nH]c2=O)CC1. The Bertz CT molecular complexity index is 411. The van der Waals surface area contributed by atoms with Crippen molar-refractivity contribution >= 4 is 5.82 Å². The summed E-state index contributed by atoms with van der Waals surface area (Å²) in [5.74, 6) is 0.570. The minimum atomic E-state index is -0.0813. The summed E-state index contributed by atoms with van der Waals surface area (Å²) >= 11 is 0. The highest BCUT2D eigenvalue weighted by Crippen LogP contribution is 2.30. The number of nitrogens with one attached hydrogen (secondary N) is 1. The molecule has 1 aromatic rings. The van der Waals surface area contributed by atoms with E-state index in [1.54, 1.807) is 12.4 Å². The molecule has 0 atom stereocenters. The highest BCUT2D eigenvalue weighted by atomic mass is 16.1. The van der Waals surface area contributed by atoms with Crippen LogP contribution in [-0.2, 0) is 0 Å². The van der Waals surface area contributed by atoms with Gasteiger partial charge in [-0.3, -0.25) is 4.79 Å². The summed E-state index contributed by atoms with van der Waals surface area (Å²) in [4.78, 5) is 20.6. The van der Waals surface area contributed by atoms with Gasteiger partial charge in [0.25, 0.3) is 5.56 Å². The average Bonchev–Trinajstić information content (AvgIpc) is 2.40. The molecule has 4 heteroatoms. The summed E-state index contributed by atoms with van der Waals surface area (Å²) in [5.41, 5.74) is 0.304. The zero-order chi connectivity index (χ0) is 11.6. The van der Waals surface area contributed by atoms with Gasteiger partial charge in [0, 0.05) is 25.5 Å². The van der Waals surface area contributed by atoms with E-state index in [4.69, 9.17) is 0 Å². The molecule has 1 N–H and O–H groups in total. The summed E-state index contributed by atoms with van der Waals surface area (Å²) in [6.07, 6.45) is 6.68. The van der Waals surface area contributed by atoms with Crippen LogP contribution in [-0.4, -0.2) is 23.1 Å². The second-order valence-corrected chi connectivity index (χ2v) is 5.25. The summed E-state index contributed by atoms with van der Waals surface area (Å²) in [6.45, 7) is 6.44. The topological polar surface area (TPSA) is 49.0 Å². The Morgan fingerprint density at radius 3 is 2.94 bits per heavy atom. The van der Waals surface area contributed by atoms with Crippen LogP contribution >= 0.6 is 0 Å². The average molecular weight is 221 g/mol. The molecule has 0 aromatic carbocycles. The standard InChI is InChI=1S/C12H19N3O/c1-12(2)4-3-8-15(9-5-12)10-11(16)14-7-6-13-10/h6-7H,3-5,8-9H2,1-2H3,(H,14,16). The van der Waals surface area contributed by atoms with Crippen molar-refractivity contribution in [2.24, 2.45) is 5.41 Å². The highest BCUT2D eigenvalue weighted by Gasteiger charge is 2.24. The van der Waals surface area contributed by atoms with Crippen LogP contribution < -0.4 is 10.5 Å². The number of rotatable bonds is 1. The van der Waals surface area contributed by atoms with Gasteiger partial charge in [-0.15, -0.1) is 0 Å². The smallest absolute Gasteiger partial charge is 0.290 e. The Morgan fingerprint density at radius 2 is 2.19 bits per heavy atom. The Kier molecular flexibility index (Phi) is 2.99. The fourth-order valence-corrected chi connectivity index (χ4v) is 2.20. The summed E-state index contributed by atoms with van der Waals surface area (Å²) in [7, 11) is 0. The third-order valence-corrected chi connectivity index (χ3v) is 3.33. The van der Waals surface area contributed by atoms with E-state index >= 15 is 0 Å². The van der Waals surface area contributed by atoms with Gasteiger partial charge < -0.3 is 9.88 Å². The summed E-state index contributed by atoms with van der Waals surface area (Å²) in [6, 6.07) is 0. The van der Waals surface area contributed by atoms with Crippen molar-refractivity contribution in [3.05, 3.63) is 22.7 Å². The number of H-pyrrole nitrogens is 1. The van der Waals surface area contributed by atoms with E-state index in [0.29, 0.717) is 11.2 Å². The number of aromatic amines is 1. The van der Waals surface area contributed by atoms with Crippen LogP contribution in [0.15, 0.2) is 17.2 Å². The molecule has 1 fully saturated rings. The molecule has 88 valence electrons. The first kappa shape index (κ1) is 11.2. The number of anilines is 1. The second kappa shape index (κ2) is 4.28. The molecule has 0 unspecified atom stereocenters. The molecule has 1 saturated heterocycles. The molecule has 4 nitrogen and oxygen atoms in total. The number of hydrogen-bond donors (Lipinski definition) is 1. The molecule has 0 bridgehead atoms. The Hall–Kier alpha value is -1.32. The van der Waals surface area contributed by atoms with Crippen LogP contribution in [0, 0.1) is 5.41 Å². The van der Waals surface area contributed by atoms with Gasteiger partial charge in [0.1, 0.15) is 0 Å². The maximum absolute atomic E-state index is 11.6. The number of hydrogen-bond acceptors (Lipinski definition) is 3. The largest absolute Gasteiger partial charge is 0.352 e. The normalized spacial score (nSPS) is 20.5. The Balaban J connectivity index is 2.17. The van der Waals surface area contributed by atoms with E-state index in [1.807, 2.05) is 0 Å². The lowest BCUT2D eigenvalue weighted by Crippen LogP contribution is -2.31. The third kappa shape index (κ3) is 2.43. The van der Waals surface area contributed by atoms with Gasteiger partial charge in [-0.05, 0) is 24.7 Å². The van der Waals surface area contributed by atoms with Crippen molar-refractivity contribution in [1.82, 2.24) is 9.97 Å². The fourth-order valence-electron chi connectivity index (χ4n) is 2.20. The zero-order valence-corrected chi connectivity index (χ0v) is 9.99. The van der Waals surface area contributed by atoms with Crippen LogP contribution in [0.3, 0.4) is 0 Å². The molecule has 0 spiro atoms. The van der Waals surface area contributed by atoms with E-state index in [2.05, 4.69) is 28.7 Å². The van der Waals surface area contributed by atoms with Crippen molar-refractivity contribution in [2.45, 2.75) is 33.1 Å². The van der Waals surface area contributed by atoms with Crippen molar-refractivity contribution in [2.75, 3.05) is 18.0 Å². The van der Waals surface area contributed by atoms with Crippen molar-refractivity contribution in [3.63, 3.8) is 0 Å². The lowest BCUT2D eigenvalue weighted by Gasteiger charge is -2.23. The Labute approximate surface area is 95.7 Å². The Morgan fingerprint density at radius 1 is 1.38 bits per heavy atom. The quantitative estimate of drug-likeness (QED) is 0.786. The van der Waals surface area contributed by atoms with E-state index in [1.165, 1.54) is 6.42 Å². The van der Waals surface area contributed by atoms with Gasteiger partial charge in [0.05, 0.1) is 0 Å². The predicted octanol–water partition coefficient (Wildman–Crippen LogP) is 1.79. The second-order valence-electron chi connectivity index (χ2n) is 5.25. The van der Waals surface area contributed by atoms with Crippen LogP contribution in [0.25, 0.3) is 0 Å². The van der Waals surface area contributed by atoms with Gasteiger partial charge in [0.2, 0.25) is 0 Å². The van der Waals surface area contributed by atoms with Crippen molar-refractivity contribution in [3.8, 4) is 0 Å². The molecule has 1 aliphatic rings. The maximum atomic E-state index is 11.6. The monoisotopic (exact) mass is 221 g/mol. The van der Waals surface area contributed by atoms with Gasteiger partial charge in [0.15, 0.2) is 5.82 Å². The van der Waals surface area contributed by atoms with E-state index in [0.717, 1.165) is 25.9 Å². The highest BCUT2D eigenvalue weighted by molar-refractivity contribution is 5.35. The van der Waals surface area contributed by atoms with E-state index in [9.17, 15) is 4.79 Å². The number of aromatic nitrogens is 2. The van der Waals surface area contributed by atoms with Crippen LogP contribution in [0.1, 0.15) is 33.1 Å². The van der Waals surface area contributed by atoms with Crippen LogP contribution in [0.5, 0.6) is 0 Å². The molecule has 2 heterocycles. The van der Waals surface area contributed by atoms with Gasteiger partial charge in [-0.1, -0.05) is 13.8 Å². The first-order valence-electron chi connectivity index (χ1n) is 5.87. The minimum absolute atomic E-state index is 0.0813. The first-order valence-corrected chi connectivity index (χ1v) is 5.87. The number of nitrogens with zero attached hydrogens (tertiary/aromatic N) is 2. The molecule has 0 saturated carbocycles. The lowest BCUT2D eigenvalue weighted by atomic mass is 9.85.